The van der Waals surface area contributed by atoms with E-state index in [4.69, 9.17) is 0 Å². The molecular formula is C12H16N4O3S. The van der Waals surface area contributed by atoms with E-state index in [1.165, 1.54) is 30.2 Å². The predicted molar refractivity (Wildman–Crippen MR) is 73.3 cm³/mol. The third-order valence-corrected chi connectivity index (χ3v) is 3.87. The molecule has 0 unspecified atom stereocenters. The Morgan fingerprint density at radius 1 is 1.40 bits per heavy atom. The molecule has 1 fully saturated rings. The summed E-state index contributed by atoms with van der Waals surface area (Å²) in [6, 6.07) is -0.674. The molecular weight excluding hydrogens is 280 g/mol. The van der Waals surface area contributed by atoms with E-state index in [0.29, 0.717) is 18.8 Å². The first-order chi connectivity index (χ1) is 9.54. The average molecular weight is 296 g/mol. The zero-order valence-electron chi connectivity index (χ0n) is 11.3. The Kier molecular flexibility index (Phi) is 4.33. The Morgan fingerprint density at radius 2 is 2.15 bits per heavy atom. The van der Waals surface area contributed by atoms with Crippen LogP contribution in [0.15, 0.2) is 10.9 Å². The highest BCUT2D eigenvalue weighted by molar-refractivity contribution is 7.07. The fourth-order valence-electron chi connectivity index (χ4n) is 2.17. The summed E-state index contributed by atoms with van der Waals surface area (Å²) in [5.41, 5.74) is 1.91. The Hall–Kier alpha value is -1.96. The quantitative estimate of drug-likeness (QED) is 0.802. The first-order valence-corrected chi connectivity index (χ1v) is 7.15. The number of amides is 3. The number of thiazole rings is 1. The van der Waals surface area contributed by atoms with Crippen LogP contribution in [0.3, 0.4) is 0 Å². The van der Waals surface area contributed by atoms with E-state index in [0.717, 1.165) is 0 Å². The monoisotopic (exact) mass is 296 g/mol. The van der Waals surface area contributed by atoms with Gasteiger partial charge in [-0.2, -0.15) is 0 Å². The van der Waals surface area contributed by atoms with E-state index in [9.17, 15) is 14.4 Å². The third kappa shape index (κ3) is 2.79. The average Bonchev–Trinajstić information content (AvgIpc) is 2.99. The molecule has 0 aliphatic carbocycles. The van der Waals surface area contributed by atoms with Crippen molar-refractivity contribution in [2.75, 3.05) is 26.7 Å². The lowest BCUT2D eigenvalue weighted by atomic mass is 10.1. The molecule has 3 amide bonds. The maximum atomic E-state index is 12.4. The van der Waals surface area contributed by atoms with Crippen LogP contribution in [-0.2, 0) is 9.59 Å². The number of piperazine rings is 1. The van der Waals surface area contributed by atoms with E-state index < -0.39 is 6.04 Å². The van der Waals surface area contributed by atoms with Crippen molar-refractivity contribution in [1.29, 1.82) is 0 Å². The van der Waals surface area contributed by atoms with Gasteiger partial charge in [-0.05, 0) is 0 Å². The number of nitrogens with one attached hydrogen (secondary N) is 1. The summed E-state index contributed by atoms with van der Waals surface area (Å²) in [5, 5.41) is 4.19. The maximum absolute atomic E-state index is 12.4. The van der Waals surface area contributed by atoms with Crippen LogP contribution in [0.25, 0.3) is 0 Å². The van der Waals surface area contributed by atoms with Crippen molar-refractivity contribution in [3.8, 4) is 0 Å². The van der Waals surface area contributed by atoms with Gasteiger partial charge in [-0.15, -0.1) is 11.3 Å². The Balaban J connectivity index is 2.20. The van der Waals surface area contributed by atoms with Gasteiger partial charge in [0.1, 0.15) is 11.7 Å². The lowest BCUT2D eigenvalue weighted by molar-refractivity contribution is -0.135. The molecule has 1 atom stereocenters. The highest BCUT2D eigenvalue weighted by Crippen LogP contribution is 2.15. The molecule has 7 nitrogen and oxygen atoms in total. The van der Waals surface area contributed by atoms with Crippen molar-refractivity contribution in [2.45, 2.75) is 13.0 Å². The van der Waals surface area contributed by atoms with Crippen LogP contribution < -0.4 is 5.32 Å². The van der Waals surface area contributed by atoms with Crippen LogP contribution >= 0.6 is 11.3 Å². The fraction of sp³-hybridized carbons (Fsp3) is 0.500. The summed E-state index contributed by atoms with van der Waals surface area (Å²) in [5.74, 6) is -0.651. The Morgan fingerprint density at radius 3 is 2.70 bits per heavy atom. The second-order valence-corrected chi connectivity index (χ2v) is 5.19. The van der Waals surface area contributed by atoms with Crippen LogP contribution in [0.5, 0.6) is 0 Å². The number of hydrogen-bond acceptors (Lipinski definition) is 5. The summed E-state index contributed by atoms with van der Waals surface area (Å²) in [7, 11) is 1.51. The predicted octanol–water partition coefficient (Wildman–Crippen LogP) is -0.438. The summed E-state index contributed by atoms with van der Waals surface area (Å²) in [6.07, 6.45) is 0. The van der Waals surface area contributed by atoms with Crippen molar-refractivity contribution < 1.29 is 14.4 Å². The molecule has 2 rings (SSSR count). The van der Waals surface area contributed by atoms with Crippen molar-refractivity contribution in [3.63, 3.8) is 0 Å². The highest BCUT2D eigenvalue weighted by Gasteiger charge is 2.36. The number of aromatic nitrogens is 1. The lowest BCUT2D eigenvalue weighted by Crippen LogP contribution is -2.61. The van der Waals surface area contributed by atoms with E-state index in [1.54, 1.807) is 15.8 Å². The van der Waals surface area contributed by atoms with Gasteiger partial charge in [-0.1, -0.05) is 0 Å². The van der Waals surface area contributed by atoms with Gasteiger partial charge in [-0.3, -0.25) is 14.4 Å². The molecule has 1 aromatic heterocycles. The van der Waals surface area contributed by atoms with Gasteiger partial charge < -0.3 is 15.1 Å². The SMILES string of the molecule is CNC(=O)[C@@H]1CN(C(C)=O)CCN1C(=O)c1cscn1. The first kappa shape index (κ1) is 14.4. The summed E-state index contributed by atoms with van der Waals surface area (Å²) < 4.78 is 0. The van der Waals surface area contributed by atoms with Gasteiger partial charge in [0, 0.05) is 32.4 Å². The van der Waals surface area contributed by atoms with Gasteiger partial charge in [0.25, 0.3) is 5.91 Å². The van der Waals surface area contributed by atoms with Gasteiger partial charge in [0.2, 0.25) is 11.8 Å². The number of likely N-dealkylation sites (N-methyl/N-ethyl adjacent to an activating group) is 1. The minimum absolute atomic E-state index is 0.0975. The molecule has 108 valence electrons. The molecule has 1 saturated heterocycles. The van der Waals surface area contributed by atoms with Crippen LogP contribution in [0.2, 0.25) is 0 Å². The van der Waals surface area contributed by atoms with Crippen LogP contribution in [0.1, 0.15) is 17.4 Å². The molecule has 2 heterocycles. The second-order valence-electron chi connectivity index (χ2n) is 4.47. The van der Waals surface area contributed by atoms with E-state index >= 15 is 0 Å². The topological polar surface area (TPSA) is 82.6 Å². The van der Waals surface area contributed by atoms with Crippen LogP contribution in [0, 0.1) is 0 Å². The van der Waals surface area contributed by atoms with Crippen molar-refractivity contribution >= 4 is 29.1 Å². The summed E-state index contributed by atoms with van der Waals surface area (Å²) >= 11 is 1.33. The highest BCUT2D eigenvalue weighted by atomic mass is 32.1. The first-order valence-electron chi connectivity index (χ1n) is 6.21. The fourth-order valence-corrected chi connectivity index (χ4v) is 2.69. The molecule has 0 saturated carbocycles. The molecule has 1 aromatic rings. The number of hydrogen-bond donors (Lipinski definition) is 1. The summed E-state index contributed by atoms with van der Waals surface area (Å²) in [6.45, 7) is 2.43. The van der Waals surface area contributed by atoms with Gasteiger partial charge in [0.15, 0.2) is 0 Å². The summed E-state index contributed by atoms with van der Waals surface area (Å²) in [4.78, 5) is 42.8. The maximum Gasteiger partial charge on any atom is 0.274 e. The van der Waals surface area contributed by atoms with E-state index in [-0.39, 0.29) is 24.3 Å². The van der Waals surface area contributed by atoms with Gasteiger partial charge >= 0.3 is 0 Å². The molecule has 0 aromatic carbocycles. The van der Waals surface area contributed by atoms with Crippen molar-refractivity contribution in [3.05, 3.63) is 16.6 Å². The van der Waals surface area contributed by atoms with Gasteiger partial charge in [-0.25, -0.2) is 4.98 Å². The molecule has 1 N–H and O–H groups in total. The smallest absolute Gasteiger partial charge is 0.274 e. The zero-order valence-corrected chi connectivity index (χ0v) is 12.1. The standard InChI is InChI=1S/C12H16N4O3S/c1-8(17)15-3-4-16(10(5-15)11(18)13-2)12(19)9-6-20-7-14-9/h6-7,10H,3-5H2,1-2H3,(H,13,18)/t10-/m0/s1. The van der Waals surface area contributed by atoms with Gasteiger partial charge in [0.05, 0.1) is 12.1 Å². The molecule has 0 spiro atoms. The second kappa shape index (κ2) is 6.00. The lowest BCUT2D eigenvalue weighted by Gasteiger charge is -2.39. The van der Waals surface area contributed by atoms with Crippen molar-refractivity contribution in [2.24, 2.45) is 0 Å². The number of rotatable bonds is 2. The van der Waals surface area contributed by atoms with Crippen molar-refractivity contribution in [1.82, 2.24) is 20.1 Å². The minimum atomic E-state index is -0.674. The van der Waals surface area contributed by atoms with Crippen LogP contribution in [-0.4, -0.2) is 65.2 Å². The van der Waals surface area contributed by atoms with E-state index in [2.05, 4.69) is 10.3 Å². The number of nitrogens with zero attached hydrogens (tertiary/aromatic N) is 3. The number of carbonyl (C=O) groups is 3. The minimum Gasteiger partial charge on any atom is -0.357 e. The zero-order chi connectivity index (χ0) is 14.7. The molecule has 0 radical (unpaired) electrons. The largest absolute Gasteiger partial charge is 0.357 e. The normalized spacial score (nSPS) is 18.8. The molecule has 0 bridgehead atoms. The molecule has 1 aliphatic heterocycles. The molecule has 20 heavy (non-hydrogen) atoms. The molecule has 8 heteroatoms. The molecule has 1 aliphatic rings. The number of carbonyl (C=O) groups excluding carboxylic acids is 3. The van der Waals surface area contributed by atoms with Crippen LogP contribution in [0.4, 0.5) is 0 Å². The Labute approximate surface area is 120 Å². The van der Waals surface area contributed by atoms with E-state index in [1.807, 2.05) is 0 Å². The third-order valence-electron chi connectivity index (χ3n) is 3.29. The Bertz CT molecular complexity index is 517.